The molecule has 0 atom stereocenters. The van der Waals surface area contributed by atoms with Gasteiger partial charge in [0.1, 0.15) is 10.6 Å². The van der Waals surface area contributed by atoms with E-state index in [0.717, 1.165) is 30.5 Å². The van der Waals surface area contributed by atoms with E-state index in [2.05, 4.69) is 5.10 Å². The van der Waals surface area contributed by atoms with Crippen molar-refractivity contribution in [2.24, 2.45) is 0 Å². The van der Waals surface area contributed by atoms with Gasteiger partial charge >= 0.3 is 0 Å². The van der Waals surface area contributed by atoms with Crippen LogP contribution in [-0.4, -0.2) is 42.2 Å². The summed E-state index contributed by atoms with van der Waals surface area (Å²) >= 11 is 0. The molecule has 0 amide bonds. The van der Waals surface area contributed by atoms with Crippen LogP contribution < -0.4 is 4.74 Å². The van der Waals surface area contributed by atoms with Gasteiger partial charge in [-0.05, 0) is 37.5 Å². The van der Waals surface area contributed by atoms with Gasteiger partial charge in [0.2, 0.25) is 10.0 Å². The molecule has 4 rings (SSSR count). The molecule has 0 bridgehead atoms. The van der Waals surface area contributed by atoms with Gasteiger partial charge in [0, 0.05) is 25.7 Å². The summed E-state index contributed by atoms with van der Waals surface area (Å²) in [5.41, 5.74) is 1.97. The highest BCUT2D eigenvalue weighted by Gasteiger charge is 2.33. The van der Waals surface area contributed by atoms with E-state index in [1.54, 1.807) is 16.4 Å². The minimum absolute atomic E-state index is 0.267. The fourth-order valence-electron chi connectivity index (χ4n) is 3.51. The van der Waals surface area contributed by atoms with E-state index in [9.17, 15) is 8.42 Å². The average Bonchev–Trinajstić information content (AvgIpc) is 3.23. The third kappa shape index (κ3) is 2.61. The van der Waals surface area contributed by atoms with Crippen LogP contribution in [0.3, 0.4) is 0 Å². The lowest BCUT2D eigenvalue weighted by Crippen LogP contribution is -2.39. The Hall–Kier alpha value is -1.86. The first-order valence-corrected chi connectivity index (χ1v) is 9.76. The van der Waals surface area contributed by atoms with E-state index in [1.807, 2.05) is 29.9 Å². The molecule has 24 heavy (non-hydrogen) atoms. The third-order valence-corrected chi connectivity index (χ3v) is 6.76. The van der Waals surface area contributed by atoms with Crippen molar-refractivity contribution in [1.82, 2.24) is 14.1 Å². The van der Waals surface area contributed by atoms with Crippen molar-refractivity contribution in [3.8, 4) is 5.75 Å². The Morgan fingerprint density at radius 1 is 1.21 bits per heavy atom. The molecule has 0 radical (unpaired) electrons. The number of sulfonamides is 1. The monoisotopic (exact) mass is 347 g/mol. The summed E-state index contributed by atoms with van der Waals surface area (Å²) in [6.45, 7) is 3.54. The van der Waals surface area contributed by atoms with Crippen molar-refractivity contribution in [3.63, 3.8) is 0 Å². The van der Waals surface area contributed by atoms with Gasteiger partial charge in [-0.15, -0.1) is 0 Å². The van der Waals surface area contributed by atoms with Gasteiger partial charge in [0.15, 0.2) is 0 Å². The SMILES string of the molecule is Cc1ccn(C2CCN(S(=O)(=O)c3cccc4c3OCC4)CC2)n1. The Morgan fingerprint density at radius 2 is 2.00 bits per heavy atom. The number of para-hydroxylation sites is 1. The molecule has 7 heteroatoms. The first-order chi connectivity index (χ1) is 11.6. The zero-order valence-corrected chi connectivity index (χ0v) is 14.5. The van der Waals surface area contributed by atoms with Gasteiger partial charge in [0.05, 0.1) is 18.3 Å². The largest absolute Gasteiger partial charge is 0.492 e. The summed E-state index contributed by atoms with van der Waals surface area (Å²) in [6.07, 6.45) is 4.30. The zero-order chi connectivity index (χ0) is 16.7. The minimum Gasteiger partial charge on any atom is -0.492 e. The number of nitrogens with zero attached hydrogens (tertiary/aromatic N) is 3. The second-order valence-electron chi connectivity index (χ2n) is 6.42. The lowest BCUT2D eigenvalue weighted by Gasteiger charge is -2.31. The molecule has 6 nitrogen and oxygen atoms in total. The Kier molecular flexibility index (Phi) is 3.85. The number of hydrogen-bond acceptors (Lipinski definition) is 4. The number of rotatable bonds is 3. The summed E-state index contributed by atoms with van der Waals surface area (Å²) < 4.78 is 35.2. The maximum absolute atomic E-state index is 13.0. The van der Waals surface area contributed by atoms with Gasteiger partial charge in [-0.2, -0.15) is 9.40 Å². The van der Waals surface area contributed by atoms with Crippen LogP contribution in [0.4, 0.5) is 0 Å². The van der Waals surface area contributed by atoms with Crippen molar-refractivity contribution in [3.05, 3.63) is 41.7 Å². The highest BCUT2D eigenvalue weighted by atomic mass is 32.2. The average molecular weight is 347 g/mol. The molecule has 1 aromatic carbocycles. The fourth-order valence-corrected chi connectivity index (χ4v) is 5.16. The first-order valence-electron chi connectivity index (χ1n) is 8.32. The van der Waals surface area contributed by atoms with E-state index in [0.29, 0.717) is 30.3 Å². The molecule has 0 saturated carbocycles. The normalized spacial score (nSPS) is 19.2. The van der Waals surface area contributed by atoms with Gasteiger partial charge in [-0.3, -0.25) is 4.68 Å². The number of hydrogen-bond donors (Lipinski definition) is 0. The molecular formula is C17H21N3O3S. The molecule has 0 N–H and O–H groups in total. The van der Waals surface area contributed by atoms with Crippen molar-refractivity contribution in [2.75, 3.05) is 19.7 Å². The number of ether oxygens (including phenoxy) is 1. The molecule has 1 fully saturated rings. The van der Waals surface area contributed by atoms with Crippen LogP contribution in [0, 0.1) is 6.92 Å². The molecule has 1 aromatic heterocycles. The van der Waals surface area contributed by atoms with Crippen LogP contribution in [0.1, 0.15) is 30.1 Å². The van der Waals surface area contributed by atoms with Crippen LogP contribution in [0.25, 0.3) is 0 Å². The quantitative estimate of drug-likeness (QED) is 0.853. The molecule has 0 unspecified atom stereocenters. The van der Waals surface area contributed by atoms with Crippen molar-refractivity contribution < 1.29 is 13.2 Å². The molecule has 2 aromatic rings. The highest BCUT2D eigenvalue weighted by Crippen LogP contribution is 2.35. The second-order valence-corrected chi connectivity index (χ2v) is 8.32. The maximum Gasteiger partial charge on any atom is 0.246 e. The molecule has 0 aliphatic carbocycles. The van der Waals surface area contributed by atoms with E-state index in [4.69, 9.17) is 4.74 Å². The summed E-state index contributed by atoms with van der Waals surface area (Å²) in [6, 6.07) is 7.64. The van der Waals surface area contributed by atoms with Crippen LogP contribution in [0.15, 0.2) is 35.4 Å². The second kappa shape index (κ2) is 5.89. The standard InChI is InChI=1S/C17H21N3O3S/c1-13-5-11-20(18-13)15-6-9-19(10-7-15)24(21,22)16-4-2-3-14-8-12-23-17(14)16/h2-5,11,15H,6-10,12H2,1H3. The minimum atomic E-state index is -3.51. The van der Waals surface area contributed by atoms with Gasteiger partial charge in [-0.25, -0.2) is 8.42 Å². The van der Waals surface area contributed by atoms with Crippen LogP contribution in [-0.2, 0) is 16.4 Å². The van der Waals surface area contributed by atoms with Gasteiger partial charge in [-0.1, -0.05) is 12.1 Å². The molecule has 3 heterocycles. The third-order valence-electron chi connectivity index (χ3n) is 4.84. The maximum atomic E-state index is 13.0. The van der Waals surface area contributed by atoms with Gasteiger partial charge < -0.3 is 4.74 Å². The molecular weight excluding hydrogens is 326 g/mol. The van der Waals surface area contributed by atoms with E-state index in [-0.39, 0.29) is 6.04 Å². The van der Waals surface area contributed by atoms with Crippen molar-refractivity contribution in [1.29, 1.82) is 0 Å². The Balaban J connectivity index is 1.54. The number of aromatic nitrogens is 2. The molecule has 2 aliphatic rings. The van der Waals surface area contributed by atoms with Crippen LogP contribution in [0.5, 0.6) is 5.75 Å². The number of fused-ring (bicyclic) bond motifs is 1. The smallest absolute Gasteiger partial charge is 0.246 e. The lowest BCUT2D eigenvalue weighted by molar-refractivity contribution is 0.260. The number of aryl methyl sites for hydroxylation is 1. The van der Waals surface area contributed by atoms with Gasteiger partial charge in [0.25, 0.3) is 0 Å². The zero-order valence-electron chi connectivity index (χ0n) is 13.7. The molecule has 128 valence electrons. The van der Waals surface area contributed by atoms with Crippen molar-refractivity contribution >= 4 is 10.0 Å². The predicted molar refractivity (Wildman–Crippen MR) is 89.6 cm³/mol. The van der Waals surface area contributed by atoms with E-state index >= 15 is 0 Å². The fraction of sp³-hybridized carbons (Fsp3) is 0.471. The molecule has 2 aliphatic heterocycles. The summed E-state index contributed by atoms with van der Waals surface area (Å²) in [4.78, 5) is 0.311. The van der Waals surface area contributed by atoms with Crippen LogP contribution >= 0.6 is 0 Å². The van der Waals surface area contributed by atoms with E-state index < -0.39 is 10.0 Å². The first kappa shape index (κ1) is 15.7. The molecule has 1 saturated heterocycles. The summed E-state index contributed by atoms with van der Waals surface area (Å²) in [5.74, 6) is 0.544. The highest BCUT2D eigenvalue weighted by molar-refractivity contribution is 7.89. The molecule has 0 spiro atoms. The number of piperidine rings is 1. The predicted octanol–water partition coefficient (Wildman–Crippen LogP) is 2.15. The topological polar surface area (TPSA) is 64.4 Å². The summed E-state index contributed by atoms with van der Waals surface area (Å²) in [5, 5.41) is 4.46. The number of benzene rings is 1. The van der Waals surface area contributed by atoms with Crippen molar-refractivity contribution in [2.45, 2.75) is 37.1 Å². The Labute approximate surface area is 142 Å². The summed E-state index contributed by atoms with van der Waals surface area (Å²) in [7, 11) is -3.51. The van der Waals surface area contributed by atoms with Crippen LogP contribution in [0.2, 0.25) is 0 Å². The Bertz CT molecular complexity index is 852. The Morgan fingerprint density at radius 3 is 2.71 bits per heavy atom. The van der Waals surface area contributed by atoms with E-state index in [1.165, 1.54) is 0 Å². The lowest BCUT2D eigenvalue weighted by atomic mass is 10.1.